The Hall–Kier alpha value is -2.14. The normalized spacial score (nSPS) is 12.6. The number of rotatable bonds is 44. The Morgan fingerprint density at radius 2 is 0.750 bits per heavy atom. The van der Waals surface area contributed by atoms with E-state index in [0.717, 1.165) is 57.8 Å². The molecule has 0 heterocycles. The van der Waals surface area contributed by atoms with Crippen molar-refractivity contribution in [3.05, 3.63) is 48.6 Å². The summed E-state index contributed by atoms with van der Waals surface area (Å²) in [6.45, 7) is 7.70. The zero-order chi connectivity index (χ0) is 40.7. The number of hydrogen-bond acceptors (Lipinski definition) is 5. The molecule has 56 heavy (non-hydrogen) atoms. The van der Waals surface area contributed by atoms with Crippen molar-refractivity contribution in [3.8, 4) is 0 Å². The zero-order valence-electron chi connectivity index (χ0n) is 37.4. The molecule has 0 radical (unpaired) electrons. The summed E-state index contributed by atoms with van der Waals surface area (Å²) in [4.78, 5) is 25.1. The third-order valence-corrected chi connectivity index (χ3v) is 10.3. The Bertz CT molecular complexity index is 935. The maximum absolute atomic E-state index is 12.6. The average molecular weight is 785 g/mol. The van der Waals surface area contributed by atoms with E-state index in [2.05, 4.69) is 69.4 Å². The summed E-state index contributed by atoms with van der Waals surface area (Å²) in [6.07, 6.45) is 57.1. The first-order chi connectivity index (χ1) is 27.6. The number of hydrogen-bond donors (Lipinski definition) is 0. The molecule has 0 fully saturated rings. The fraction of sp³-hybridized carbons (Fsp3) is 0.804. The average Bonchev–Trinajstić information content (AvgIpc) is 3.20. The lowest BCUT2D eigenvalue weighted by Gasteiger charge is -2.18. The van der Waals surface area contributed by atoms with Crippen molar-refractivity contribution in [2.24, 2.45) is 0 Å². The molecule has 0 aromatic heterocycles. The highest BCUT2D eigenvalue weighted by Gasteiger charge is 2.17. The quantitative estimate of drug-likeness (QED) is 0.0350. The van der Waals surface area contributed by atoms with Crippen molar-refractivity contribution in [1.82, 2.24) is 0 Å². The summed E-state index contributed by atoms with van der Waals surface area (Å²) in [5.74, 6) is -0.416. The van der Waals surface area contributed by atoms with Crippen LogP contribution in [0.5, 0.6) is 0 Å². The van der Waals surface area contributed by atoms with Gasteiger partial charge in [0.2, 0.25) is 0 Å². The number of unbranched alkanes of at least 4 members (excludes halogenated alkanes) is 25. The van der Waals surface area contributed by atoms with Gasteiger partial charge in [-0.15, -0.1) is 0 Å². The molecule has 0 saturated heterocycles. The first kappa shape index (κ1) is 53.9. The van der Waals surface area contributed by atoms with E-state index in [-0.39, 0.29) is 25.2 Å². The van der Waals surface area contributed by atoms with Gasteiger partial charge >= 0.3 is 11.9 Å². The molecule has 0 saturated carbocycles. The number of carbonyl (C=O) groups excluding carboxylic acids is 2. The Labute approximate surface area is 348 Å². The maximum Gasteiger partial charge on any atom is 0.306 e. The van der Waals surface area contributed by atoms with Crippen LogP contribution in [0, 0.1) is 0 Å². The third kappa shape index (κ3) is 44.6. The summed E-state index contributed by atoms with van der Waals surface area (Å²) < 4.78 is 17.2. The fourth-order valence-electron chi connectivity index (χ4n) is 6.69. The van der Waals surface area contributed by atoms with Crippen LogP contribution >= 0.6 is 0 Å². The van der Waals surface area contributed by atoms with Crippen molar-refractivity contribution < 1.29 is 23.8 Å². The minimum atomic E-state index is -0.537. The molecule has 326 valence electrons. The van der Waals surface area contributed by atoms with E-state index in [9.17, 15) is 9.59 Å². The van der Waals surface area contributed by atoms with Gasteiger partial charge in [0.05, 0.1) is 6.61 Å². The summed E-state index contributed by atoms with van der Waals surface area (Å²) in [6, 6.07) is 0. The van der Waals surface area contributed by atoms with Gasteiger partial charge < -0.3 is 14.2 Å². The number of ether oxygens (including phenoxy) is 3. The van der Waals surface area contributed by atoms with E-state index in [0.29, 0.717) is 19.4 Å². The largest absolute Gasteiger partial charge is 0.462 e. The van der Waals surface area contributed by atoms with Crippen LogP contribution in [0.1, 0.15) is 239 Å². The van der Waals surface area contributed by atoms with Crippen molar-refractivity contribution in [3.63, 3.8) is 0 Å². The van der Waals surface area contributed by atoms with Gasteiger partial charge in [-0.3, -0.25) is 9.59 Å². The number of allylic oxidation sites excluding steroid dienone is 8. The maximum atomic E-state index is 12.6. The van der Waals surface area contributed by atoms with Gasteiger partial charge in [-0.05, 0) is 83.5 Å². The van der Waals surface area contributed by atoms with Crippen LogP contribution in [0.3, 0.4) is 0 Å². The molecular weight excluding hydrogens is 693 g/mol. The Balaban J connectivity index is 4.04. The molecule has 0 aliphatic rings. The zero-order valence-corrected chi connectivity index (χ0v) is 37.4. The molecule has 0 aromatic rings. The first-order valence-electron chi connectivity index (χ1n) is 24.2. The molecule has 0 spiro atoms. The van der Waals surface area contributed by atoms with Gasteiger partial charge in [0.1, 0.15) is 6.61 Å². The Morgan fingerprint density at radius 3 is 1.21 bits per heavy atom. The lowest BCUT2D eigenvalue weighted by atomic mass is 10.1. The van der Waals surface area contributed by atoms with Crippen LogP contribution < -0.4 is 0 Å². The highest BCUT2D eigenvalue weighted by atomic mass is 16.6. The van der Waals surface area contributed by atoms with Gasteiger partial charge in [-0.25, -0.2) is 0 Å². The molecule has 0 rings (SSSR count). The Morgan fingerprint density at radius 1 is 0.393 bits per heavy atom. The molecule has 0 amide bonds. The SMILES string of the molecule is CCCCC/C=C\C/C=C\CCCCCCCCCCCC(=O)OCC(COCCCCCCCC/C=C\C/C=C\CCCCC)OC(=O)CCCCCCC. The van der Waals surface area contributed by atoms with Gasteiger partial charge in [0.25, 0.3) is 0 Å². The second-order valence-corrected chi connectivity index (χ2v) is 16.0. The third-order valence-electron chi connectivity index (χ3n) is 10.3. The Kier molecular flexibility index (Phi) is 45.4. The minimum absolute atomic E-state index is 0.0794. The summed E-state index contributed by atoms with van der Waals surface area (Å²) in [5.41, 5.74) is 0. The van der Waals surface area contributed by atoms with Gasteiger partial charge in [0, 0.05) is 19.4 Å². The lowest BCUT2D eigenvalue weighted by molar-refractivity contribution is -0.163. The smallest absolute Gasteiger partial charge is 0.306 e. The van der Waals surface area contributed by atoms with E-state index in [1.807, 2.05) is 0 Å². The lowest BCUT2D eigenvalue weighted by Crippen LogP contribution is -2.30. The van der Waals surface area contributed by atoms with Crippen molar-refractivity contribution >= 4 is 11.9 Å². The minimum Gasteiger partial charge on any atom is -0.462 e. The van der Waals surface area contributed by atoms with Gasteiger partial charge in [-0.2, -0.15) is 0 Å². The van der Waals surface area contributed by atoms with Crippen LogP contribution in [0.25, 0.3) is 0 Å². The molecule has 0 bridgehead atoms. The second kappa shape index (κ2) is 47.2. The van der Waals surface area contributed by atoms with Crippen LogP contribution in [0.4, 0.5) is 0 Å². The van der Waals surface area contributed by atoms with E-state index in [1.165, 1.54) is 148 Å². The summed E-state index contributed by atoms with van der Waals surface area (Å²) in [7, 11) is 0. The van der Waals surface area contributed by atoms with Gasteiger partial charge in [0.15, 0.2) is 6.10 Å². The molecule has 0 aromatic carbocycles. The molecule has 0 aliphatic carbocycles. The van der Waals surface area contributed by atoms with Crippen LogP contribution in [0.15, 0.2) is 48.6 Å². The van der Waals surface area contributed by atoms with Gasteiger partial charge in [-0.1, -0.05) is 191 Å². The molecule has 0 aliphatic heterocycles. The molecule has 5 heteroatoms. The molecule has 5 nitrogen and oxygen atoms in total. The number of carbonyl (C=O) groups is 2. The standard InChI is InChI=1S/C51H92O5/c1-4-7-10-13-15-17-19-21-23-25-26-27-28-30-32-34-36-39-41-44-50(52)55-48-49(56-51(53)45-42-38-12-9-6-3)47-54-46-43-40-37-35-33-31-29-24-22-20-18-16-14-11-8-5-2/h15-18,21-24,49H,4-14,19-20,25-48H2,1-3H3/b17-15-,18-16-,23-21-,24-22-. The monoisotopic (exact) mass is 785 g/mol. The van der Waals surface area contributed by atoms with Crippen LogP contribution in [-0.4, -0.2) is 37.9 Å². The molecule has 1 unspecified atom stereocenters. The predicted octanol–water partition coefficient (Wildman–Crippen LogP) is 16.0. The van der Waals surface area contributed by atoms with Crippen LogP contribution in [0.2, 0.25) is 0 Å². The highest BCUT2D eigenvalue weighted by Crippen LogP contribution is 2.14. The predicted molar refractivity (Wildman–Crippen MR) is 242 cm³/mol. The fourth-order valence-corrected chi connectivity index (χ4v) is 6.69. The van der Waals surface area contributed by atoms with E-state index in [4.69, 9.17) is 14.2 Å². The topological polar surface area (TPSA) is 61.8 Å². The molecular formula is C51H92O5. The second-order valence-electron chi connectivity index (χ2n) is 16.0. The highest BCUT2D eigenvalue weighted by molar-refractivity contribution is 5.70. The number of esters is 2. The summed E-state index contributed by atoms with van der Waals surface area (Å²) in [5, 5.41) is 0. The molecule has 0 N–H and O–H groups in total. The molecule has 1 atom stereocenters. The van der Waals surface area contributed by atoms with Crippen molar-refractivity contribution in [2.75, 3.05) is 19.8 Å². The van der Waals surface area contributed by atoms with E-state index >= 15 is 0 Å². The van der Waals surface area contributed by atoms with Crippen LogP contribution in [-0.2, 0) is 23.8 Å². The first-order valence-corrected chi connectivity index (χ1v) is 24.2. The van der Waals surface area contributed by atoms with Crippen molar-refractivity contribution in [2.45, 2.75) is 245 Å². The van der Waals surface area contributed by atoms with Crippen molar-refractivity contribution in [1.29, 1.82) is 0 Å². The summed E-state index contributed by atoms with van der Waals surface area (Å²) >= 11 is 0. The van der Waals surface area contributed by atoms with E-state index < -0.39 is 6.10 Å². The van der Waals surface area contributed by atoms with E-state index in [1.54, 1.807) is 0 Å².